The fraction of sp³-hybridized carbons (Fsp3) is 0.393. The van der Waals surface area contributed by atoms with E-state index in [1.807, 2.05) is 19.9 Å². The summed E-state index contributed by atoms with van der Waals surface area (Å²) < 4.78 is 48.9. The lowest BCUT2D eigenvalue weighted by Gasteiger charge is -2.17. The van der Waals surface area contributed by atoms with Crippen molar-refractivity contribution in [3.63, 3.8) is 0 Å². The highest BCUT2D eigenvalue weighted by molar-refractivity contribution is 5.90. The standard InChI is InChI=1S/C28H34O11/c1-17(2)7-9-19-21(36-14-32-4)12-23-24(25(19)29)26(30)28(38-16-34-6)27(39-23)18-8-10-20(35-13-31-3)22(11-18)37-15-33-5/h7-8,10-12,29H,9,13-16H2,1-6H3. The monoisotopic (exact) mass is 546 g/mol. The number of allylic oxidation sites excluding steroid dienone is 2. The number of hydrogen-bond acceptors (Lipinski definition) is 11. The van der Waals surface area contributed by atoms with E-state index in [1.54, 1.807) is 24.3 Å². The smallest absolute Gasteiger partial charge is 0.239 e. The van der Waals surface area contributed by atoms with Crippen LogP contribution in [0.2, 0.25) is 0 Å². The number of hydrogen-bond donors (Lipinski definition) is 1. The molecule has 0 radical (unpaired) electrons. The average molecular weight is 547 g/mol. The van der Waals surface area contributed by atoms with E-state index >= 15 is 0 Å². The molecule has 0 aliphatic heterocycles. The van der Waals surface area contributed by atoms with Crippen LogP contribution >= 0.6 is 0 Å². The first kappa shape index (κ1) is 29.8. The molecule has 1 heterocycles. The molecule has 3 aromatic rings. The zero-order valence-corrected chi connectivity index (χ0v) is 23.0. The molecule has 2 aromatic carbocycles. The van der Waals surface area contributed by atoms with E-state index in [0.717, 1.165) is 5.57 Å². The second kappa shape index (κ2) is 14.4. The quantitative estimate of drug-likeness (QED) is 0.212. The molecule has 212 valence electrons. The molecule has 39 heavy (non-hydrogen) atoms. The molecule has 0 atom stereocenters. The van der Waals surface area contributed by atoms with E-state index in [0.29, 0.717) is 34.8 Å². The van der Waals surface area contributed by atoms with Gasteiger partial charge in [0, 0.05) is 45.6 Å². The number of phenolic OH excluding ortho intramolecular Hbond substituents is 1. The van der Waals surface area contributed by atoms with E-state index in [2.05, 4.69) is 0 Å². The van der Waals surface area contributed by atoms with Crippen LogP contribution in [-0.2, 0) is 25.4 Å². The molecule has 0 fully saturated rings. The molecule has 11 heteroatoms. The molecule has 0 unspecified atom stereocenters. The number of benzene rings is 2. The highest BCUT2D eigenvalue weighted by Crippen LogP contribution is 2.41. The lowest BCUT2D eigenvalue weighted by Crippen LogP contribution is -2.13. The second-order valence-electron chi connectivity index (χ2n) is 8.52. The van der Waals surface area contributed by atoms with Gasteiger partial charge in [0.25, 0.3) is 0 Å². The van der Waals surface area contributed by atoms with E-state index in [9.17, 15) is 9.90 Å². The van der Waals surface area contributed by atoms with Gasteiger partial charge in [0.1, 0.15) is 22.5 Å². The zero-order valence-electron chi connectivity index (χ0n) is 23.0. The van der Waals surface area contributed by atoms with Gasteiger partial charge in [-0.2, -0.15) is 0 Å². The summed E-state index contributed by atoms with van der Waals surface area (Å²) in [7, 11) is 5.89. The van der Waals surface area contributed by atoms with Gasteiger partial charge in [0.2, 0.25) is 11.2 Å². The van der Waals surface area contributed by atoms with Crippen molar-refractivity contribution in [1.82, 2.24) is 0 Å². The molecule has 0 saturated heterocycles. The molecular weight excluding hydrogens is 512 g/mol. The predicted molar refractivity (Wildman–Crippen MR) is 143 cm³/mol. The van der Waals surface area contributed by atoms with E-state index in [4.69, 9.17) is 42.3 Å². The van der Waals surface area contributed by atoms with Crippen LogP contribution in [0, 0.1) is 0 Å². The Kier molecular flexibility index (Phi) is 11.0. The van der Waals surface area contributed by atoms with Crippen LogP contribution in [0.15, 0.2) is 45.1 Å². The third-order valence-electron chi connectivity index (χ3n) is 5.42. The molecule has 0 amide bonds. The van der Waals surface area contributed by atoms with Crippen LogP contribution in [0.5, 0.6) is 28.7 Å². The molecular formula is C28H34O11. The summed E-state index contributed by atoms with van der Waals surface area (Å²) in [6, 6.07) is 6.46. The first-order valence-electron chi connectivity index (χ1n) is 12.0. The average Bonchev–Trinajstić information content (AvgIpc) is 2.92. The highest BCUT2D eigenvalue weighted by atomic mass is 16.7. The van der Waals surface area contributed by atoms with Gasteiger partial charge < -0.3 is 47.4 Å². The SMILES string of the molecule is COCOc1ccc(-c2oc3cc(OCOC)c(CC=C(C)C)c(O)c3c(=O)c2OCOC)cc1OCOC. The fourth-order valence-electron chi connectivity index (χ4n) is 3.66. The second-order valence-corrected chi connectivity index (χ2v) is 8.52. The van der Waals surface area contributed by atoms with Gasteiger partial charge in [-0.1, -0.05) is 11.6 Å². The first-order chi connectivity index (χ1) is 18.9. The Morgan fingerprint density at radius 1 is 0.821 bits per heavy atom. The number of aromatic hydroxyl groups is 1. The van der Waals surface area contributed by atoms with E-state index in [1.165, 1.54) is 28.4 Å². The molecule has 0 bridgehead atoms. The Hall–Kier alpha value is -3.77. The number of phenols is 1. The van der Waals surface area contributed by atoms with Gasteiger partial charge in [-0.3, -0.25) is 4.79 Å². The molecule has 1 N–H and O–H groups in total. The van der Waals surface area contributed by atoms with Gasteiger partial charge in [0.05, 0.1) is 0 Å². The summed E-state index contributed by atoms with van der Waals surface area (Å²) >= 11 is 0. The third-order valence-corrected chi connectivity index (χ3v) is 5.42. The Balaban J connectivity index is 2.28. The predicted octanol–water partition coefficient (Wildman–Crippen LogP) is 4.61. The van der Waals surface area contributed by atoms with Crippen molar-refractivity contribution in [1.29, 1.82) is 0 Å². The fourth-order valence-corrected chi connectivity index (χ4v) is 3.66. The molecule has 0 spiro atoms. The van der Waals surface area contributed by atoms with Crippen molar-refractivity contribution in [2.24, 2.45) is 0 Å². The lowest BCUT2D eigenvalue weighted by molar-refractivity contribution is 0.0323. The Morgan fingerprint density at radius 2 is 1.41 bits per heavy atom. The summed E-state index contributed by atoms with van der Waals surface area (Å²) in [5.41, 5.74) is 1.37. The zero-order chi connectivity index (χ0) is 28.4. The maximum Gasteiger partial charge on any atom is 0.239 e. The van der Waals surface area contributed by atoms with Gasteiger partial charge in [-0.25, -0.2) is 0 Å². The normalized spacial score (nSPS) is 10.9. The minimum Gasteiger partial charge on any atom is -0.507 e. The minimum absolute atomic E-state index is 0.00540. The molecule has 1 aromatic heterocycles. The van der Waals surface area contributed by atoms with Gasteiger partial charge in [0.15, 0.2) is 44.4 Å². The number of ether oxygens (including phenoxy) is 8. The number of methoxy groups -OCH3 is 4. The summed E-state index contributed by atoms with van der Waals surface area (Å²) in [5.74, 6) is 0.672. The third kappa shape index (κ3) is 7.21. The summed E-state index contributed by atoms with van der Waals surface area (Å²) in [6.07, 6.45) is 2.23. The largest absolute Gasteiger partial charge is 0.507 e. The number of fused-ring (bicyclic) bond motifs is 1. The first-order valence-corrected chi connectivity index (χ1v) is 12.0. The van der Waals surface area contributed by atoms with Gasteiger partial charge in [-0.15, -0.1) is 0 Å². The topological polar surface area (TPSA) is 124 Å². The molecule has 11 nitrogen and oxygen atoms in total. The van der Waals surface area contributed by atoms with E-state index in [-0.39, 0.29) is 55.4 Å². The summed E-state index contributed by atoms with van der Waals surface area (Å²) in [4.78, 5) is 13.8. The maximum absolute atomic E-state index is 13.8. The van der Waals surface area contributed by atoms with Crippen molar-refractivity contribution >= 4 is 11.0 Å². The van der Waals surface area contributed by atoms with Crippen LogP contribution in [0.3, 0.4) is 0 Å². The maximum atomic E-state index is 13.8. The Labute approximate surface area is 226 Å². The molecule has 0 aliphatic carbocycles. The summed E-state index contributed by atoms with van der Waals surface area (Å²) in [5, 5.41) is 11.2. The van der Waals surface area contributed by atoms with Crippen LogP contribution < -0.4 is 24.4 Å². The molecule has 3 rings (SSSR count). The van der Waals surface area contributed by atoms with Crippen molar-refractivity contribution in [3.05, 3.63) is 51.7 Å². The van der Waals surface area contributed by atoms with Crippen molar-refractivity contribution in [2.45, 2.75) is 20.3 Å². The van der Waals surface area contributed by atoms with Crippen LogP contribution in [0.4, 0.5) is 0 Å². The van der Waals surface area contributed by atoms with Crippen LogP contribution in [0.25, 0.3) is 22.3 Å². The molecule has 0 saturated carbocycles. The van der Waals surface area contributed by atoms with Gasteiger partial charge in [-0.05, 0) is 38.5 Å². The van der Waals surface area contributed by atoms with Crippen LogP contribution in [0.1, 0.15) is 19.4 Å². The minimum atomic E-state index is -0.586. The Bertz CT molecular complexity index is 1340. The van der Waals surface area contributed by atoms with E-state index < -0.39 is 5.43 Å². The Morgan fingerprint density at radius 3 is 2.03 bits per heavy atom. The number of rotatable bonds is 15. The van der Waals surface area contributed by atoms with Gasteiger partial charge >= 0.3 is 0 Å². The molecule has 0 aliphatic rings. The lowest BCUT2D eigenvalue weighted by atomic mass is 10.0. The van der Waals surface area contributed by atoms with Crippen molar-refractivity contribution < 1.29 is 47.4 Å². The van der Waals surface area contributed by atoms with Crippen molar-refractivity contribution in [3.8, 4) is 40.1 Å². The highest BCUT2D eigenvalue weighted by Gasteiger charge is 2.25. The van der Waals surface area contributed by atoms with Crippen LogP contribution in [-0.4, -0.2) is 60.7 Å². The van der Waals surface area contributed by atoms with Crippen molar-refractivity contribution in [2.75, 3.05) is 55.6 Å². The summed E-state index contributed by atoms with van der Waals surface area (Å²) in [6.45, 7) is 3.51.